The van der Waals surface area contributed by atoms with E-state index in [1.165, 1.54) is 6.33 Å². The maximum absolute atomic E-state index is 12.9. The van der Waals surface area contributed by atoms with Crippen LogP contribution in [-0.4, -0.2) is 47.6 Å². The van der Waals surface area contributed by atoms with Gasteiger partial charge in [0.1, 0.15) is 12.7 Å². The molecule has 2 aromatic carbocycles. The lowest BCUT2D eigenvalue weighted by atomic mass is 10.1. The van der Waals surface area contributed by atoms with Crippen LogP contribution in [0.2, 0.25) is 0 Å². The predicted molar refractivity (Wildman–Crippen MR) is 108 cm³/mol. The number of hydrogen-bond acceptors (Lipinski definition) is 5. The average molecular weight is 387 g/mol. The minimum absolute atomic E-state index is 0.128. The maximum atomic E-state index is 12.9. The Morgan fingerprint density at radius 3 is 2.31 bits per heavy atom. The first-order valence-electron chi connectivity index (χ1n) is 9.24. The molecule has 0 aliphatic heterocycles. The highest BCUT2D eigenvalue weighted by molar-refractivity contribution is 5.92. The SMILES string of the molecule is Cc1ccc(-n2cc(C(=O)N(C)C(C)c3ccc(-n4cncn4)cc3)nn2)cc1. The van der Waals surface area contributed by atoms with Gasteiger partial charge in [0.05, 0.1) is 23.6 Å². The van der Waals surface area contributed by atoms with Crippen LogP contribution in [0.25, 0.3) is 11.4 Å². The molecule has 0 radical (unpaired) electrons. The van der Waals surface area contributed by atoms with E-state index in [0.29, 0.717) is 5.69 Å². The van der Waals surface area contributed by atoms with Gasteiger partial charge in [0.25, 0.3) is 5.91 Å². The van der Waals surface area contributed by atoms with Crippen molar-refractivity contribution in [3.63, 3.8) is 0 Å². The standard InChI is InChI=1S/C21H21N7O/c1-15-4-8-18(9-5-15)27-12-20(24-25-27)21(29)26(3)16(2)17-6-10-19(11-7-17)28-14-22-13-23-28/h4-14,16H,1-3H3. The van der Waals surface area contributed by atoms with Crippen molar-refractivity contribution >= 4 is 5.91 Å². The molecular formula is C21H21N7O. The molecule has 8 nitrogen and oxygen atoms in total. The van der Waals surface area contributed by atoms with Crippen LogP contribution in [0.4, 0.5) is 0 Å². The van der Waals surface area contributed by atoms with E-state index in [-0.39, 0.29) is 11.9 Å². The molecule has 0 fully saturated rings. The number of aromatic nitrogens is 6. The van der Waals surface area contributed by atoms with E-state index in [9.17, 15) is 4.79 Å². The quantitative estimate of drug-likeness (QED) is 0.526. The summed E-state index contributed by atoms with van der Waals surface area (Å²) in [5, 5.41) is 12.3. The summed E-state index contributed by atoms with van der Waals surface area (Å²) in [6.07, 6.45) is 4.79. The van der Waals surface area contributed by atoms with Gasteiger partial charge in [0.15, 0.2) is 5.69 Å². The van der Waals surface area contributed by atoms with Crippen molar-refractivity contribution in [2.24, 2.45) is 0 Å². The van der Waals surface area contributed by atoms with Crippen molar-refractivity contribution in [3.05, 3.63) is 84.2 Å². The highest BCUT2D eigenvalue weighted by Crippen LogP contribution is 2.22. The Labute approximate surface area is 168 Å². The van der Waals surface area contributed by atoms with Crippen molar-refractivity contribution in [2.45, 2.75) is 19.9 Å². The van der Waals surface area contributed by atoms with E-state index < -0.39 is 0 Å². The Hall–Kier alpha value is -3.81. The van der Waals surface area contributed by atoms with E-state index in [0.717, 1.165) is 22.5 Å². The molecule has 4 aromatic rings. The lowest BCUT2D eigenvalue weighted by molar-refractivity contribution is 0.0736. The fraction of sp³-hybridized carbons (Fsp3) is 0.190. The monoisotopic (exact) mass is 387 g/mol. The van der Waals surface area contributed by atoms with Gasteiger partial charge in [-0.25, -0.2) is 14.3 Å². The number of nitrogens with zero attached hydrogens (tertiary/aromatic N) is 7. The van der Waals surface area contributed by atoms with Gasteiger partial charge < -0.3 is 4.90 Å². The molecule has 0 bridgehead atoms. The van der Waals surface area contributed by atoms with Gasteiger partial charge >= 0.3 is 0 Å². The van der Waals surface area contributed by atoms with Crippen LogP contribution in [0.15, 0.2) is 67.4 Å². The minimum Gasteiger partial charge on any atom is -0.334 e. The number of carbonyl (C=O) groups is 1. The van der Waals surface area contributed by atoms with Crippen LogP contribution < -0.4 is 0 Å². The first-order chi connectivity index (χ1) is 14.0. The van der Waals surface area contributed by atoms with Gasteiger partial charge in [-0.3, -0.25) is 4.79 Å². The van der Waals surface area contributed by atoms with E-state index >= 15 is 0 Å². The van der Waals surface area contributed by atoms with Crippen LogP contribution in [-0.2, 0) is 0 Å². The molecule has 0 aliphatic rings. The van der Waals surface area contributed by atoms with Crippen LogP contribution >= 0.6 is 0 Å². The Bertz CT molecular complexity index is 1100. The summed E-state index contributed by atoms with van der Waals surface area (Å²) < 4.78 is 3.30. The summed E-state index contributed by atoms with van der Waals surface area (Å²) in [5.41, 5.74) is 4.25. The topological polar surface area (TPSA) is 81.7 Å². The Kier molecular flexibility index (Phi) is 4.90. The maximum Gasteiger partial charge on any atom is 0.276 e. The van der Waals surface area contributed by atoms with Gasteiger partial charge in [-0.05, 0) is 43.7 Å². The van der Waals surface area contributed by atoms with Gasteiger partial charge in [-0.1, -0.05) is 35.0 Å². The van der Waals surface area contributed by atoms with Crippen molar-refractivity contribution in [2.75, 3.05) is 7.05 Å². The zero-order valence-corrected chi connectivity index (χ0v) is 16.5. The molecule has 8 heteroatoms. The Morgan fingerprint density at radius 2 is 1.66 bits per heavy atom. The molecule has 1 unspecified atom stereocenters. The molecule has 0 spiro atoms. The zero-order chi connectivity index (χ0) is 20.4. The van der Waals surface area contributed by atoms with Gasteiger partial charge in [0, 0.05) is 7.05 Å². The van der Waals surface area contributed by atoms with Crippen molar-refractivity contribution in [1.82, 2.24) is 34.7 Å². The predicted octanol–water partition coefficient (Wildman–Crippen LogP) is 2.99. The Morgan fingerprint density at radius 1 is 1.00 bits per heavy atom. The average Bonchev–Trinajstić information content (AvgIpc) is 3.45. The van der Waals surface area contributed by atoms with E-state index in [1.54, 1.807) is 33.8 Å². The van der Waals surface area contributed by atoms with Crippen LogP contribution in [0.3, 0.4) is 0 Å². The molecule has 146 valence electrons. The second-order valence-corrected chi connectivity index (χ2v) is 6.91. The third-order valence-electron chi connectivity index (χ3n) is 4.97. The number of carbonyl (C=O) groups excluding carboxylic acids is 1. The molecule has 1 atom stereocenters. The summed E-state index contributed by atoms with van der Waals surface area (Å²) in [6.45, 7) is 4.00. The summed E-state index contributed by atoms with van der Waals surface area (Å²) in [4.78, 5) is 18.5. The largest absolute Gasteiger partial charge is 0.334 e. The van der Waals surface area contributed by atoms with Crippen molar-refractivity contribution < 1.29 is 4.79 Å². The van der Waals surface area contributed by atoms with E-state index in [2.05, 4.69) is 20.4 Å². The van der Waals surface area contributed by atoms with E-state index in [4.69, 9.17) is 0 Å². The molecule has 4 rings (SSSR count). The third-order valence-corrected chi connectivity index (χ3v) is 4.97. The summed E-state index contributed by atoms with van der Waals surface area (Å²) >= 11 is 0. The Balaban J connectivity index is 1.49. The molecule has 29 heavy (non-hydrogen) atoms. The van der Waals surface area contributed by atoms with Crippen LogP contribution in [0.1, 0.15) is 34.6 Å². The molecule has 0 N–H and O–H groups in total. The number of aryl methyl sites for hydroxylation is 1. The minimum atomic E-state index is -0.184. The molecule has 2 heterocycles. The number of hydrogen-bond donors (Lipinski definition) is 0. The van der Waals surface area contributed by atoms with Crippen LogP contribution in [0, 0.1) is 6.92 Å². The second kappa shape index (κ2) is 7.67. The number of benzene rings is 2. The van der Waals surface area contributed by atoms with E-state index in [1.807, 2.05) is 62.4 Å². The lowest BCUT2D eigenvalue weighted by Gasteiger charge is -2.24. The highest BCUT2D eigenvalue weighted by atomic mass is 16.2. The molecule has 0 saturated heterocycles. The summed E-state index contributed by atoms with van der Waals surface area (Å²) in [6, 6.07) is 15.6. The molecule has 2 aromatic heterocycles. The zero-order valence-electron chi connectivity index (χ0n) is 16.5. The first kappa shape index (κ1) is 18.5. The van der Waals surface area contributed by atoms with Crippen molar-refractivity contribution in [3.8, 4) is 11.4 Å². The highest BCUT2D eigenvalue weighted by Gasteiger charge is 2.22. The normalized spacial score (nSPS) is 12.0. The molecular weight excluding hydrogens is 366 g/mol. The molecule has 0 aliphatic carbocycles. The fourth-order valence-corrected chi connectivity index (χ4v) is 3.01. The van der Waals surface area contributed by atoms with Gasteiger partial charge in [-0.2, -0.15) is 5.10 Å². The first-order valence-corrected chi connectivity index (χ1v) is 9.24. The second-order valence-electron chi connectivity index (χ2n) is 6.91. The van der Waals surface area contributed by atoms with Gasteiger partial charge in [-0.15, -0.1) is 5.10 Å². The summed E-state index contributed by atoms with van der Waals surface area (Å²) in [5.74, 6) is -0.184. The molecule has 1 amide bonds. The fourth-order valence-electron chi connectivity index (χ4n) is 3.01. The third kappa shape index (κ3) is 3.77. The smallest absolute Gasteiger partial charge is 0.276 e. The molecule has 0 saturated carbocycles. The van der Waals surface area contributed by atoms with Gasteiger partial charge in [0.2, 0.25) is 0 Å². The number of amides is 1. The van der Waals surface area contributed by atoms with Crippen molar-refractivity contribution in [1.29, 1.82) is 0 Å². The summed E-state index contributed by atoms with van der Waals surface area (Å²) in [7, 11) is 1.77. The van der Waals surface area contributed by atoms with Crippen LogP contribution in [0.5, 0.6) is 0 Å². The lowest BCUT2D eigenvalue weighted by Crippen LogP contribution is -2.30. The number of rotatable bonds is 5.